The molecule has 0 saturated carbocycles. The Morgan fingerprint density at radius 2 is 1.90 bits per heavy atom. The number of rotatable bonds is 5. The summed E-state index contributed by atoms with van der Waals surface area (Å²) in [5, 5.41) is 0.0949. The summed E-state index contributed by atoms with van der Waals surface area (Å²) in [7, 11) is 0. The lowest BCUT2D eigenvalue weighted by Gasteiger charge is -2.10. The molecule has 0 bridgehead atoms. The average Bonchev–Trinajstić information content (AvgIpc) is 2.48. The van der Waals surface area contributed by atoms with Crippen LogP contribution in [0.2, 0.25) is 5.02 Å². The van der Waals surface area contributed by atoms with Gasteiger partial charge in [-0.3, -0.25) is 0 Å². The minimum absolute atomic E-state index is 0.0949. The summed E-state index contributed by atoms with van der Waals surface area (Å²) in [6.45, 7) is 3.10. The molecule has 0 heterocycles. The van der Waals surface area contributed by atoms with E-state index in [0.29, 0.717) is 24.8 Å². The van der Waals surface area contributed by atoms with Gasteiger partial charge in [0.05, 0.1) is 5.02 Å². The van der Waals surface area contributed by atoms with Crippen molar-refractivity contribution in [3.05, 3.63) is 64.4 Å². The Kier molecular flexibility index (Phi) is 4.99. The maximum atomic E-state index is 13.3. The molecule has 2 rings (SSSR count). The van der Waals surface area contributed by atoms with Gasteiger partial charge in [-0.15, -0.1) is 0 Å². The van der Waals surface area contributed by atoms with Gasteiger partial charge in [0.25, 0.3) is 0 Å². The molecule has 0 saturated heterocycles. The van der Waals surface area contributed by atoms with E-state index in [9.17, 15) is 4.39 Å². The largest absolute Gasteiger partial charge is 0.489 e. The fourth-order valence-corrected chi connectivity index (χ4v) is 1.93. The van der Waals surface area contributed by atoms with Gasteiger partial charge in [-0.1, -0.05) is 42.8 Å². The van der Waals surface area contributed by atoms with Crippen LogP contribution in [0.1, 0.15) is 24.0 Å². The normalized spacial score (nSPS) is 12.2. The molecule has 20 heavy (non-hydrogen) atoms. The van der Waals surface area contributed by atoms with Crippen molar-refractivity contribution in [1.82, 2.24) is 0 Å². The van der Waals surface area contributed by atoms with E-state index in [0.717, 1.165) is 5.56 Å². The van der Waals surface area contributed by atoms with Crippen molar-refractivity contribution in [3.63, 3.8) is 0 Å². The number of halogens is 2. The summed E-state index contributed by atoms with van der Waals surface area (Å²) in [6.07, 6.45) is 0. The lowest BCUT2D eigenvalue weighted by atomic mass is 10.0. The molecule has 0 radical (unpaired) electrons. The van der Waals surface area contributed by atoms with E-state index >= 15 is 0 Å². The molecular weight excluding hydrogens is 277 g/mol. The molecule has 0 aromatic heterocycles. The maximum absolute atomic E-state index is 13.3. The van der Waals surface area contributed by atoms with Crippen LogP contribution in [0.3, 0.4) is 0 Å². The van der Waals surface area contributed by atoms with Gasteiger partial charge in [-0.25, -0.2) is 4.39 Å². The Morgan fingerprint density at radius 3 is 2.50 bits per heavy atom. The van der Waals surface area contributed by atoms with Gasteiger partial charge in [-0.05, 0) is 35.7 Å². The topological polar surface area (TPSA) is 35.2 Å². The van der Waals surface area contributed by atoms with Gasteiger partial charge >= 0.3 is 0 Å². The Morgan fingerprint density at radius 1 is 1.20 bits per heavy atom. The van der Waals surface area contributed by atoms with Gasteiger partial charge in [-0.2, -0.15) is 0 Å². The summed E-state index contributed by atoms with van der Waals surface area (Å²) in [5.41, 5.74) is 7.86. The van der Waals surface area contributed by atoms with Crippen LogP contribution in [0, 0.1) is 5.82 Å². The van der Waals surface area contributed by atoms with Gasteiger partial charge in [0.1, 0.15) is 18.2 Å². The van der Waals surface area contributed by atoms with E-state index in [2.05, 4.69) is 6.92 Å². The predicted octanol–water partition coefficient (Wildman–Crippen LogP) is 4.12. The fraction of sp³-hybridized carbons (Fsp3) is 0.250. The van der Waals surface area contributed by atoms with Crippen molar-refractivity contribution in [2.75, 3.05) is 6.54 Å². The molecule has 2 aromatic carbocycles. The zero-order chi connectivity index (χ0) is 14.5. The molecule has 2 nitrogen and oxygen atoms in total. The molecule has 2 aromatic rings. The minimum Gasteiger partial charge on any atom is -0.489 e. The first-order chi connectivity index (χ1) is 9.60. The lowest BCUT2D eigenvalue weighted by molar-refractivity contribution is 0.304. The molecular formula is C16H17ClFNO. The van der Waals surface area contributed by atoms with Crippen LogP contribution < -0.4 is 10.5 Å². The molecule has 0 spiro atoms. The van der Waals surface area contributed by atoms with Crippen molar-refractivity contribution >= 4 is 11.6 Å². The third-order valence-corrected chi connectivity index (χ3v) is 3.51. The van der Waals surface area contributed by atoms with Crippen LogP contribution in [0.4, 0.5) is 4.39 Å². The molecule has 0 aliphatic heterocycles. The highest BCUT2D eigenvalue weighted by atomic mass is 35.5. The molecule has 106 valence electrons. The Labute approximate surface area is 123 Å². The monoisotopic (exact) mass is 293 g/mol. The minimum atomic E-state index is -0.476. The molecule has 1 unspecified atom stereocenters. The first-order valence-corrected chi connectivity index (χ1v) is 6.84. The van der Waals surface area contributed by atoms with Crippen molar-refractivity contribution in [2.24, 2.45) is 5.73 Å². The van der Waals surface area contributed by atoms with Crippen LogP contribution in [0.5, 0.6) is 5.75 Å². The molecule has 0 amide bonds. The fourth-order valence-electron chi connectivity index (χ4n) is 1.81. The summed E-state index contributed by atoms with van der Waals surface area (Å²) >= 11 is 5.62. The summed E-state index contributed by atoms with van der Waals surface area (Å²) in [5.74, 6) is 0.331. The van der Waals surface area contributed by atoms with E-state index in [1.807, 2.05) is 24.3 Å². The quantitative estimate of drug-likeness (QED) is 0.900. The Balaban J connectivity index is 1.98. The van der Waals surface area contributed by atoms with Crippen molar-refractivity contribution in [1.29, 1.82) is 0 Å². The van der Waals surface area contributed by atoms with Crippen molar-refractivity contribution < 1.29 is 9.13 Å². The summed E-state index contributed by atoms with van der Waals surface area (Å²) < 4.78 is 18.8. The Bertz CT molecular complexity index is 571. The van der Waals surface area contributed by atoms with Crippen LogP contribution in [0.15, 0.2) is 42.5 Å². The van der Waals surface area contributed by atoms with Crippen LogP contribution in [-0.4, -0.2) is 6.54 Å². The summed E-state index contributed by atoms with van der Waals surface area (Å²) in [6, 6.07) is 12.5. The molecule has 0 fully saturated rings. The number of ether oxygens (including phenoxy) is 1. The zero-order valence-corrected chi connectivity index (χ0v) is 12.0. The third-order valence-electron chi connectivity index (χ3n) is 3.20. The molecule has 4 heteroatoms. The van der Waals surface area contributed by atoms with E-state index < -0.39 is 5.82 Å². The Hall–Kier alpha value is -1.58. The van der Waals surface area contributed by atoms with Crippen LogP contribution in [0.25, 0.3) is 0 Å². The second-order valence-electron chi connectivity index (χ2n) is 4.74. The smallest absolute Gasteiger partial charge is 0.145 e. The van der Waals surface area contributed by atoms with E-state index in [1.165, 1.54) is 17.7 Å². The number of nitrogens with two attached hydrogens (primary N) is 1. The van der Waals surface area contributed by atoms with Crippen LogP contribution in [-0.2, 0) is 6.61 Å². The molecule has 0 aliphatic rings. The molecule has 1 atom stereocenters. The summed E-state index contributed by atoms with van der Waals surface area (Å²) in [4.78, 5) is 0. The highest BCUT2D eigenvalue weighted by Crippen LogP contribution is 2.21. The van der Waals surface area contributed by atoms with Crippen molar-refractivity contribution in [2.45, 2.75) is 19.4 Å². The van der Waals surface area contributed by atoms with E-state index in [4.69, 9.17) is 22.1 Å². The molecule has 2 N–H and O–H groups in total. The second kappa shape index (κ2) is 6.73. The standard InChI is InChI=1S/C16H17ClFNO/c1-11(9-19)13-4-2-12(3-5-13)10-20-14-6-7-15(17)16(18)8-14/h2-8,11H,9-10,19H2,1H3. The third kappa shape index (κ3) is 3.71. The van der Waals surface area contributed by atoms with Gasteiger partial charge < -0.3 is 10.5 Å². The first kappa shape index (κ1) is 14.8. The molecule has 0 aliphatic carbocycles. The van der Waals surface area contributed by atoms with E-state index in [1.54, 1.807) is 6.07 Å². The lowest BCUT2D eigenvalue weighted by Crippen LogP contribution is -2.08. The predicted molar refractivity (Wildman–Crippen MR) is 79.7 cm³/mol. The first-order valence-electron chi connectivity index (χ1n) is 6.47. The van der Waals surface area contributed by atoms with E-state index in [-0.39, 0.29) is 5.02 Å². The number of hydrogen-bond donors (Lipinski definition) is 1. The second-order valence-corrected chi connectivity index (χ2v) is 5.15. The highest BCUT2D eigenvalue weighted by Gasteiger charge is 2.04. The maximum Gasteiger partial charge on any atom is 0.145 e. The van der Waals surface area contributed by atoms with Gasteiger partial charge in [0, 0.05) is 6.07 Å². The van der Waals surface area contributed by atoms with Gasteiger partial charge in [0.2, 0.25) is 0 Å². The van der Waals surface area contributed by atoms with Gasteiger partial charge in [0.15, 0.2) is 0 Å². The SMILES string of the molecule is CC(CN)c1ccc(COc2ccc(Cl)c(F)c2)cc1. The number of benzene rings is 2. The van der Waals surface area contributed by atoms with Crippen molar-refractivity contribution in [3.8, 4) is 5.75 Å². The van der Waals surface area contributed by atoms with Crippen LogP contribution >= 0.6 is 11.6 Å². The zero-order valence-electron chi connectivity index (χ0n) is 11.3. The highest BCUT2D eigenvalue weighted by molar-refractivity contribution is 6.30. The average molecular weight is 294 g/mol. The number of hydrogen-bond acceptors (Lipinski definition) is 2.